The van der Waals surface area contributed by atoms with Gasteiger partial charge < -0.3 is 9.47 Å². The quantitative estimate of drug-likeness (QED) is 0.714. The Morgan fingerprint density at radius 2 is 2.14 bits per heavy atom. The first kappa shape index (κ1) is 9.28. The molecule has 2 heteroatoms. The molecule has 1 aliphatic heterocycles. The first-order valence-electron chi connectivity index (χ1n) is 4.83. The van der Waals surface area contributed by atoms with Gasteiger partial charge in [-0.2, -0.15) is 0 Å². The summed E-state index contributed by atoms with van der Waals surface area (Å²) in [5.74, 6) is 1.02. The molecule has 1 atom stereocenters. The van der Waals surface area contributed by atoms with Crippen molar-refractivity contribution in [1.82, 2.24) is 0 Å². The fourth-order valence-corrected chi connectivity index (χ4v) is 1.55. The van der Waals surface area contributed by atoms with Gasteiger partial charge in [0, 0.05) is 20.0 Å². The lowest BCUT2D eigenvalue weighted by molar-refractivity contribution is -0.0674. The van der Waals surface area contributed by atoms with Crippen LogP contribution in [0.2, 0.25) is 0 Å². The number of rotatable bonds is 2. The molecule has 0 aliphatic carbocycles. The third-order valence-corrected chi connectivity index (χ3v) is 2.30. The van der Waals surface area contributed by atoms with Gasteiger partial charge >= 0.3 is 0 Å². The summed E-state index contributed by atoms with van der Waals surface area (Å²) in [5, 5.41) is 0. The van der Waals surface area contributed by atoms with E-state index in [1.807, 2.05) is 18.2 Å². The van der Waals surface area contributed by atoms with Crippen LogP contribution in [0.5, 0.6) is 0 Å². The zero-order valence-corrected chi connectivity index (χ0v) is 8.27. The molecule has 1 fully saturated rings. The summed E-state index contributed by atoms with van der Waals surface area (Å²) in [4.78, 5) is 0. The van der Waals surface area contributed by atoms with Crippen molar-refractivity contribution in [1.29, 1.82) is 0 Å². The van der Waals surface area contributed by atoms with Crippen molar-refractivity contribution in [3.05, 3.63) is 41.7 Å². The first-order chi connectivity index (χ1) is 6.88. The molecule has 1 aromatic carbocycles. The Morgan fingerprint density at radius 3 is 2.79 bits per heavy atom. The molecule has 1 saturated heterocycles. The third kappa shape index (κ3) is 2.15. The summed E-state index contributed by atoms with van der Waals surface area (Å²) in [6.07, 6.45) is 3.94. The van der Waals surface area contributed by atoms with E-state index in [4.69, 9.17) is 9.47 Å². The number of allylic oxidation sites excluding steroid dienone is 1. The van der Waals surface area contributed by atoms with Crippen LogP contribution in [0.3, 0.4) is 0 Å². The smallest absolute Gasteiger partial charge is 0.199 e. The first-order valence-corrected chi connectivity index (χ1v) is 4.83. The fourth-order valence-electron chi connectivity index (χ4n) is 1.55. The fraction of sp³-hybridized carbons (Fsp3) is 0.333. The van der Waals surface area contributed by atoms with Gasteiger partial charge in [0.15, 0.2) is 6.29 Å². The lowest BCUT2D eigenvalue weighted by Crippen LogP contribution is -2.05. The van der Waals surface area contributed by atoms with Crippen molar-refractivity contribution in [3.63, 3.8) is 0 Å². The van der Waals surface area contributed by atoms with Crippen molar-refractivity contribution < 1.29 is 9.47 Å². The second-order valence-electron chi connectivity index (χ2n) is 3.34. The maximum Gasteiger partial charge on any atom is 0.199 e. The molecule has 2 nitrogen and oxygen atoms in total. The van der Waals surface area contributed by atoms with E-state index < -0.39 is 0 Å². The predicted octanol–water partition coefficient (Wildman–Crippen LogP) is 2.81. The van der Waals surface area contributed by atoms with E-state index in [0.29, 0.717) is 0 Å². The summed E-state index contributed by atoms with van der Waals surface area (Å²) >= 11 is 0. The second kappa shape index (κ2) is 4.29. The van der Waals surface area contributed by atoms with Gasteiger partial charge in [-0.1, -0.05) is 30.3 Å². The molecule has 0 saturated carbocycles. The van der Waals surface area contributed by atoms with Gasteiger partial charge in [0.25, 0.3) is 0 Å². The minimum Gasteiger partial charge on any atom is -0.469 e. The van der Waals surface area contributed by atoms with Gasteiger partial charge in [0.2, 0.25) is 0 Å². The molecule has 0 aromatic heterocycles. The van der Waals surface area contributed by atoms with Gasteiger partial charge in [-0.15, -0.1) is 0 Å². The summed E-state index contributed by atoms with van der Waals surface area (Å²) < 4.78 is 10.7. The monoisotopic (exact) mass is 190 g/mol. The minimum atomic E-state index is -0.0510. The number of hydrogen-bond acceptors (Lipinski definition) is 2. The van der Waals surface area contributed by atoms with Crippen molar-refractivity contribution in [2.75, 3.05) is 7.11 Å². The van der Waals surface area contributed by atoms with E-state index >= 15 is 0 Å². The van der Waals surface area contributed by atoms with Crippen LogP contribution < -0.4 is 0 Å². The maximum atomic E-state index is 5.55. The highest BCUT2D eigenvalue weighted by atomic mass is 16.7. The van der Waals surface area contributed by atoms with Crippen LogP contribution in [-0.2, 0) is 9.47 Å². The molecule has 74 valence electrons. The van der Waals surface area contributed by atoms with Crippen LogP contribution in [-0.4, -0.2) is 13.4 Å². The molecule has 1 aliphatic rings. The zero-order valence-electron chi connectivity index (χ0n) is 8.27. The van der Waals surface area contributed by atoms with E-state index in [1.165, 1.54) is 5.56 Å². The van der Waals surface area contributed by atoms with E-state index in [-0.39, 0.29) is 6.29 Å². The average molecular weight is 190 g/mol. The predicted molar refractivity (Wildman–Crippen MR) is 55.5 cm³/mol. The van der Waals surface area contributed by atoms with E-state index in [1.54, 1.807) is 7.11 Å². The molecule has 0 amide bonds. The number of methoxy groups -OCH3 is 1. The molecular formula is C12H14O2. The summed E-state index contributed by atoms with van der Waals surface area (Å²) in [5.41, 5.74) is 1.18. The molecule has 1 heterocycles. The van der Waals surface area contributed by atoms with E-state index in [9.17, 15) is 0 Å². The molecule has 0 radical (unpaired) electrons. The standard InChI is InChI=1S/C12H14O2/c1-13-12-8-7-11(14-12)9-10-5-3-2-4-6-10/h2-6,9,12H,7-8H2,1H3. The molecule has 2 rings (SSSR count). The van der Waals surface area contributed by atoms with Crippen molar-refractivity contribution in [3.8, 4) is 0 Å². The van der Waals surface area contributed by atoms with Crippen molar-refractivity contribution >= 4 is 6.08 Å². The van der Waals surface area contributed by atoms with Gasteiger partial charge in [-0.05, 0) is 11.6 Å². The maximum absolute atomic E-state index is 5.55. The zero-order chi connectivity index (χ0) is 9.80. The van der Waals surface area contributed by atoms with Crippen LogP contribution in [0, 0.1) is 0 Å². The Kier molecular flexibility index (Phi) is 2.84. The minimum absolute atomic E-state index is 0.0510. The second-order valence-corrected chi connectivity index (χ2v) is 3.34. The van der Waals surface area contributed by atoms with Crippen LogP contribution >= 0.6 is 0 Å². The van der Waals surface area contributed by atoms with Crippen molar-refractivity contribution in [2.45, 2.75) is 19.1 Å². The van der Waals surface area contributed by atoms with Gasteiger partial charge in [0.1, 0.15) is 5.76 Å². The van der Waals surface area contributed by atoms with Crippen LogP contribution in [0.1, 0.15) is 18.4 Å². The van der Waals surface area contributed by atoms with Crippen LogP contribution in [0.25, 0.3) is 6.08 Å². The van der Waals surface area contributed by atoms with E-state index in [0.717, 1.165) is 18.6 Å². The van der Waals surface area contributed by atoms with Gasteiger partial charge in [-0.25, -0.2) is 0 Å². The molecule has 1 aromatic rings. The largest absolute Gasteiger partial charge is 0.469 e. The van der Waals surface area contributed by atoms with E-state index in [2.05, 4.69) is 18.2 Å². The summed E-state index contributed by atoms with van der Waals surface area (Å²) in [6.45, 7) is 0. The summed E-state index contributed by atoms with van der Waals surface area (Å²) in [6, 6.07) is 10.2. The molecule has 0 spiro atoms. The Morgan fingerprint density at radius 1 is 1.36 bits per heavy atom. The highest BCUT2D eigenvalue weighted by Gasteiger charge is 2.19. The van der Waals surface area contributed by atoms with Gasteiger partial charge in [0.05, 0.1) is 0 Å². The van der Waals surface area contributed by atoms with Gasteiger partial charge in [-0.3, -0.25) is 0 Å². The highest BCUT2D eigenvalue weighted by molar-refractivity contribution is 5.51. The third-order valence-electron chi connectivity index (χ3n) is 2.30. The molecule has 0 bridgehead atoms. The topological polar surface area (TPSA) is 18.5 Å². The molecule has 0 N–H and O–H groups in total. The Bertz CT molecular complexity index is 316. The summed E-state index contributed by atoms with van der Waals surface area (Å²) in [7, 11) is 1.68. The number of hydrogen-bond donors (Lipinski definition) is 0. The lowest BCUT2D eigenvalue weighted by Gasteiger charge is -2.07. The Balaban J connectivity index is 2.06. The number of ether oxygens (including phenoxy) is 2. The Hall–Kier alpha value is -1.28. The molecule has 14 heavy (non-hydrogen) atoms. The van der Waals surface area contributed by atoms with Crippen LogP contribution in [0.4, 0.5) is 0 Å². The normalized spacial score (nSPS) is 23.8. The van der Waals surface area contributed by atoms with Crippen molar-refractivity contribution in [2.24, 2.45) is 0 Å². The SMILES string of the molecule is COC1CCC(=Cc2ccccc2)O1. The lowest BCUT2D eigenvalue weighted by atomic mass is 10.2. The number of benzene rings is 1. The van der Waals surface area contributed by atoms with Crippen LogP contribution in [0.15, 0.2) is 36.1 Å². The average Bonchev–Trinajstić information content (AvgIpc) is 2.67. The molecular weight excluding hydrogens is 176 g/mol. The highest BCUT2D eigenvalue weighted by Crippen LogP contribution is 2.25. The molecule has 1 unspecified atom stereocenters. The Labute approximate surface area is 84.2 Å².